The molecule has 8 heteroatoms. The summed E-state index contributed by atoms with van der Waals surface area (Å²) in [6.07, 6.45) is 6.18. The van der Waals surface area contributed by atoms with Gasteiger partial charge in [-0.2, -0.15) is 13.2 Å². The SMILES string of the molecule is C[C@@](O)(C=CC=CC=CC=C[C@@H](O)[C@H](O)CCCCC(F)(F)F)CCCC(=O)O. The highest BCUT2D eigenvalue weighted by Gasteiger charge is 2.26. The lowest BCUT2D eigenvalue weighted by molar-refractivity contribution is -0.137. The maximum absolute atomic E-state index is 12.0. The van der Waals surface area contributed by atoms with Crippen molar-refractivity contribution in [2.24, 2.45) is 0 Å². The molecule has 0 fully saturated rings. The second kappa shape index (κ2) is 14.1. The van der Waals surface area contributed by atoms with Crippen LogP contribution in [0.15, 0.2) is 48.6 Å². The van der Waals surface area contributed by atoms with Crippen LogP contribution in [0.2, 0.25) is 0 Å². The molecule has 0 spiro atoms. The predicted molar refractivity (Wildman–Crippen MR) is 105 cm³/mol. The minimum atomic E-state index is -4.20. The van der Waals surface area contributed by atoms with E-state index in [9.17, 15) is 33.3 Å². The number of aliphatic carboxylic acids is 1. The molecule has 3 atom stereocenters. The van der Waals surface area contributed by atoms with Crippen molar-refractivity contribution in [2.75, 3.05) is 0 Å². The highest BCUT2D eigenvalue weighted by Crippen LogP contribution is 2.23. The number of rotatable bonds is 14. The highest BCUT2D eigenvalue weighted by molar-refractivity contribution is 5.66. The number of carboxylic acid groups (broad SMARTS) is 1. The van der Waals surface area contributed by atoms with Crippen LogP contribution in [0.25, 0.3) is 0 Å². The first-order valence-corrected chi connectivity index (χ1v) is 9.49. The Morgan fingerprint density at radius 1 is 0.931 bits per heavy atom. The third kappa shape index (κ3) is 17.9. The van der Waals surface area contributed by atoms with Gasteiger partial charge < -0.3 is 20.4 Å². The van der Waals surface area contributed by atoms with Crippen molar-refractivity contribution in [3.63, 3.8) is 0 Å². The number of hydrogen-bond donors (Lipinski definition) is 4. The lowest BCUT2D eigenvalue weighted by atomic mass is 9.98. The fourth-order valence-corrected chi connectivity index (χ4v) is 2.36. The summed E-state index contributed by atoms with van der Waals surface area (Å²) in [5.41, 5.74) is -1.09. The van der Waals surface area contributed by atoms with E-state index in [4.69, 9.17) is 5.11 Å². The Morgan fingerprint density at radius 3 is 2.10 bits per heavy atom. The normalized spacial score (nSPS) is 17.5. The van der Waals surface area contributed by atoms with Crippen molar-refractivity contribution in [3.05, 3.63) is 48.6 Å². The Labute approximate surface area is 169 Å². The molecule has 0 bridgehead atoms. The van der Waals surface area contributed by atoms with Gasteiger partial charge in [-0.25, -0.2) is 0 Å². The number of alkyl halides is 3. The van der Waals surface area contributed by atoms with Crippen LogP contribution in [-0.2, 0) is 4.79 Å². The van der Waals surface area contributed by atoms with Crippen molar-refractivity contribution >= 4 is 5.97 Å². The summed E-state index contributed by atoms with van der Waals surface area (Å²) < 4.78 is 36.1. The van der Waals surface area contributed by atoms with Gasteiger partial charge in [-0.1, -0.05) is 55.0 Å². The van der Waals surface area contributed by atoms with Crippen LogP contribution in [0.3, 0.4) is 0 Å². The number of aliphatic hydroxyl groups is 3. The fourth-order valence-electron chi connectivity index (χ4n) is 2.36. The summed E-state index contributed by atoms with van der Waals surface area (Å²) in [4.78, 5) is 10.5. The van der Waals surface area contributed by atoms with Crippen molar-refractivity contribution in [3.8, 4) is 0 Å². The monoisotopic (exact) mass is 420 g/mol. The first-order chi connectivity index (χ1) is 13.4. The van der Waals surface area contributed by atoms with Gasteiger partial charge in [-0.15, -0.1) is 0 Å². The molecule has 166 valence electrons. The Balaban J connectivity index is 4.14. The van der Waals surface area contributed by atoms with E-state index in [1.165, 1.54) is 12.2 Å². The second-order valence-electron chi connectivity index (χ2n) is 7.04. The van der Waals surface area contributed by atoms with Crippen LogP contribution in [-0.4, -0.2) is 50.4 Å². The highest BCUT2D eigenvalue weighted by atomic mass is 19.4. The third-order valence-electron chi connectivity index (χ3n) is 4.00. The minimum absolute atomic E-state index is 0.00298. The van der Waals surface area contributed by atoms with Crippen molar-refractivity contribution in [2.45, 2.75) is 75.9 Å². The molecular weight excluding hydrogens is 389 g/mol. The summed E-state index contributed by atoms with van der Waals surface area (Å²) in [6, 6.07) is 0. The molecule has 5 nitrogen and oxygen atoms in total. The molecule has 0 unspecified atom stereocenters. The Morgan fingerprint density at radius 2 is 1.52 bits per heavy atom. The van der Waals surface area contributed by atoms with E-state index in [-0.39, 0.29) is 25.7 Å². The van der Waals surface area contributed by atoms with E-state index in [0.29, 0.717) is 12.8 Å². The van der Waals surface area contributed by atoms with E-state index in [1.807, 2.05) is 0 Å². The zero-order valence-electron chi connectivity index (χ0n) is 16.6. The van der Waals surface area contributed by atoms with Crippen LogP contribution in [0.1, 0.15) is 51.9 Å². The minimum Gasteiger partial charge on any atom is -0.481 e. The maximum Gasteiger partial charge on any atom is 0.389 e. The summed E-state index contributed by atoms with van der Waals surface area (Å²) in [7, 11) is 0. The lowest BCUT2D eigenvalue weighted by Crippen LogP contribution is -2.23. The topological polar surface area (TPSA) is 98.0 Å². The third-order valence-corrected chi connectivity index (χ3v) is 4.00. The van der Waals surface area contributed by atoms with Crippen molar-refractivity contribution in [1.29, 1.82) is 0 Å². The zero-order valence-corrected chi connectivity index (χ0v) is 16.6. The van der Waals surface area contributed by atoms with Gasteiger partial charge in [0.15, 0.2) is 0 Å². The Kier molecular flexibility index (Phi) is 13.2. The van der Waals surface area contributed by atoms with Crippen LogP contribution >= 0.6 is 0 Å². The molecular formula is C21H31F3O5. The Bertz CT molecular complexity index is 577. The zero-order chi connectivity index (χ0) is 22.3. The second-order valence-corrected chi connectivity index (χ2v) is 7.04. The standard InChI is InChI=1S/C21H31F3O5/c1-20(29,15-10-13-19(27)28)14-8-5-3-2-4-6-11-17(25)18(26)12-7-9-16-21(22,23)24/h2-6,8,11,14,17-18,25-26,29H,7,9-10,12-13,15-16H2,1H3,(H,27,28)/t17-,18-,20-/m1/s1. The summed E-state index contributed by atoms with van der Waals surface area (Å²) in [5.74, 6) is -0.901. The number of halogens is 3. The molecule has 0 radical (unpaired) electrons. The van der Waals surface area contributed by atoms with Crippen LogP contribution in [0.4, 0.5) is 13.2 Å². The molecule has 29 heavy (non-hydrogen) atoms. The van der Waals surface area contributed by atoms with Gasteiger partial charge >= 0.3 is 12.1 Å². The molecule has 0 aliphatic heterocycles. The maximum atomic E-state index is 12.0. The summed E-state index contributed by atoms with van der Waals surface area (Å²) >= 11 is 0. The number of unbranched alkanes of at least 4 members (excludes halogenated alkanes) is 1. The van der Waals surface area contributed by atoms with Gasteiger partial charge in [0.25, 0.3) is 0 Å². The molecule has 0 heterocycles. The van der Waals surface area contributed by atoms with Crippen LogP contribution < -0.4 is 0 Å². The average Bonchev–Trinajstić information content (AvgIpc) is 2.59. The number of allylic oxidation sites excluding steroid dienone is 6. The van der Waals surface area contributed by atoms with Crippen LogP contribution in [0.5, 0.6) is 0 Å². The largest absolute Gasteiger partial charge is 0.481 e. The molecule has 0 saturated heterocycles. The van der Waals surface area contributed by atoms with Gasteiger partial charge in [0.1, 0.15) is 0 Å². The molecule has 4 N–H and O–H groups in total. The van der Waals surface area contributed by atoms with E-state index in [0.717, 1.165) is 0 Å². The molecule has 0 aromatic carbocycles. The van der Waals surface area contributed by atoms with Gasteiger partial charge in [0, 0.05) is 12.8 Å². The van der Waals surface area contributed by atoms with Crippen molar-refractivity contribution in [1.82, 2.24) is 0 Å². The number of aliphatic hydroxyl groups excluding tert-OH is 2. The lowest BCUT2D eigenvalue weighted by Gasteiger charge is -2.17. The van der Waals surface area contributed by atoms with Gasteiger partial charge in [-0.05, 0) is 32.6 Å². The molecule has 0 saturated carbocycles. The number of carbonyl (C=O) groups is 1. The first-order valence-electron chi connectivity index (χ1n) is 9.49. The Hall–Kier alpha value is -1.90. The van der Waals surface area contributed by atoms with E-state index in [2.05, 4.69) is 0 Å². The summed E-state index contributed by atoms with van der Waals surface area (Å²) in [5, 5.41) is 38.1. The number of hydrogen-bond acceptors (Lipinski definition) is 4. The number of carboxylic acids is 1. The predicted octanol–water partition coefficient (Wildman–Crippen LogP) is 4.06. The molecule has 0 aliphatic rings. The van der Waals surface area contributed by atoms with Gasteiger partial charge in [-0.3, -0.25) is 4.79 Å². The molecule has 0 amide bonds. The van der Waals surface area contributed by atoms with E-state index >= 15 is 0 Å². The first kappa shape index (κ1) is 27.1. The average molecular weight is 420 g/mol. The molecule has 0 aromatic heterocycles. The smallest absolute Gasteiger partial charge is 0.389 e. The van der Waals surface area contributed by atoms with Gasteiger partial charge in [0.05, 0.1) is 17.8 Å². The quantitative estimate of drug-likeness (QED) is 0.251. The molecule has 0 aliphatic carbocycles. The van der Waals surface area contributed by atoms with Crippen LogP contribution in [0, 0.1) is 0 Å². The van der Waals surface area contributed by atoms with Crippen molar-refractivity contribution < 1.29 is 38.4 Å². The fraction of sp³-hybridized carbons (Fsp3) is 0.571. The van der Waals surface area contributed by atoms with E-state index in [1.54, 1.807) is 43.4 Å². The van der Waals surface area contributed by atoms with Gasteiger partial charge in [0.2, 0.25) is 0 Å². The molecule has 0 aromatic rings. The molecule has 0 rings (SSSR count). The van der Waals surface area contributed by atoms with E-state index < -0.39 is 36.4 Å². The summed E-state index contributed by atoms with van der Waals surface area (Å²) in [6.45, 7) is 1.59.